The van der Waals surface area contributed by atoms with Crippen LogP contribution in [0.4, 0.5) is 0 Å². The van der Waals surface area contributed by atoms with Gasteiger partial charge in [0.1, 0.15) is 17.4 Å². The summed E-state index contributed by atoms with van der Waals surface area (Å²) in [4.78, 5) is 66.7. The number of methoxy groups -OCH3 is 1. The maximum Gasteiger partial charge on any atom is 0.289 e. The van der Waals surface area contributed by atoms with Gasteiger partial charge in [0.05, 0.1) is 13.2 Å². The van der Waals surface area contributed by atoms with E-state index in [0.29, 0.717) is 36.3 Å². The van der Waals surface area contributed by atoms with Crippen LogP contribution in [0, 0.1) is 11.8 Å². The molecule has 0 radical (unpaired) electrons. The van der Waals surface area contributed by atoms with Crippen LogP contribution in [0.2, 0.25) is 0 Å². The van der Waals surface area contributed by atoms with E-state index in [1.54, 1.807) is 36.4 Å². The summed E-state index contributed by atoms with van der Waals surface area (Å²) in [5.41, 5.74) is 1.23. The van der Waals surface area contributed by atoms with Gasteiger partial charge in [0.15, 0.2) is 5.76 Å². The average Bonchev–Trinajstić information content (AvgIpc) is 3.52. The zero-order valence-corrected chi connectivity index (χ0v) is 26.1. The molecule has 1 saturated heterocycles. The normalized spacial score (nSPS) is 18.2. The van der Waals surface area contributed by atoms with Crippen LogP contribution in [0.3, 0.4) is 0 Å². The number of para-hydroxylation sites is 2. The predicted octanol–water partition coefficient (Wildman–Crippen LogP) is 3.80. The van der Waals surface area contributed by atoms with Crippen LogP contribution in [-0.4, -0.2) is 55.2 Å². The van der Waals surface area contributed by atoms with Gasteiger partial charge in [-0.05, 0) is 49.8 Å². The van der Waals surface area contributed by atoms with Crippen molar-refractivity contribution in [2.75, 3.05) is 13.7 Å². The van der Waals surface area contributed by atoms with Crippen LogP contribution in [0.5, 0.6) is 5.75 Å². The lowest BCUT2D eigenvalue weighted by Crippen LogP contribution is -2.55. The quantitative estimate of drug-likeness (QED) is 0.209. The molecule has 3 atom stereocenters. The fourth-order valence-corrected chi connectivity index (χ4v) is 6.43. The monoisotopic (exact) mass is 630 g/mol. The fourth-order valence-electron chi connectivity index (χ4n) is 6.43. The van der Waals surface area contributed by atoms with Crippen LogP contribution in [0.15, 0.2) is 59.0 Å². The van der Waals surface area contributed by atoms with E-state index in [0.717, 1.165) is 43.9 Å². The first kappa shape index (κ1) is 32.7. The molecule has 2 aromatic carbocycles. The van der Waals surface area contributed by atoms with E-state index < -0.39 is 41.5 Å². The number of rotatable bonds is 13. The van der Waals surface area contributed by atoms with Crippen LogP contribution in [0.1, 0.15) is 73.9 Å². The van der Waals surface area contributed by atoms with Crippen molar-refractivity contribution >= 4 is 40.4 Å². The molecule has 2 fully saturated rings. The molecule has 1 aliphatic carbocycles. The van der Waals surface area contributed by atoms with E-state index in [2.05, 4.69) is 21.3 Å². The summed E-state index contributed by atoms with van der Waals surface area (Å²) < 4.78 is 11.1. The van der Waals surface area contributed by atoms with Crippen molar-refractivity contribution < 1.29 is 33.1 Å². The lowest BCUT2D eigenvalue weighted by Gasteiger charge is -2.29. The first-order chi connectivity index (χ1) is 22.3. The minimum atomic E-state index is -1.27. The second-order valence-corrected chi connectivity index (χ2v) is 12.2. The topological polar surface area (TPSA) is 156 Å². The highest BCUT2D eigenvalue weighted by molar-refractivity contribution is 6.38. The molecule has 11 nitrogen and oxygen atoms in total. The van der Waals surface area contributed by atoms with Gasteiger partial charge < -0.3 is 30.4 Å². The number of carbonyl (C=O) groups excluding carboxylic acids is 5. The van der Waals surface area contributed by atoms with Crippen molar-refractivity contribution in [3.05, 3.63) is 65.9 Å². The van der Waals surface area contributed by atoms with E-state index in [9.17, 15) is 24.0 Å². The second kappa shape index (κ2) is 15.6. The van der Waals surface area contributed by atoms with Crippen molar-refractivity contribution in [3.63, 3.8) is 0 Å². The van der Waals surface area contributed by atoms with Crippen molar-refractivity contribution in [2.24, 2.45) is 11.8 Å². The lowest BCUT2D eigenvalue weighted by atomic mass is 9.84. The molecule has 2 heterocycles. The summed E-state index contributed by atoms with van der Waals surface area (Å²) in [6.45, 7) is 0.577. The minimum Gasteiger partial charge on any atom is -0.496 e. The second-order valence-electron chi connectivity index (χ2n) is 12.2. The molecular formula is C35H42N4O7. The molecule has 5 rings (SSSR count). The highest BCUT2D eigenvalue weighted by atomic mass is 16.5. The molecule has 244 valence electrons. The third-order valence-corrected chi connectivity index (χ3v) is 8.97. The van der Waals surface area contributed by atoms with Crippen LogP contribution >= 0.6 is 0 Å². The van der Waals surface area contributed by atoms with Gasteiger partial charge in [-0.15, -0.1) is 0 Å². The van der Waals surface area contributed by atoms with Gasteiger partial charge in [0, 0.05) is 30.0 Å². The number of carbonyl (C=O) groups is 5. The summed E-state index contributed by atoms with van der Waals surface area (Å²) in [7, 11) is 1.52. The van der Waals surface area contributed by atoms with Gasteiger partial charge in [0.2, 0.25) is 17.6 Å². The Kier molecular flexibility index (Phi) is 11.1. The zero-order chi connectivity index (χ0) is 32.5. The van der Waals surface area contributed by atoms with Crippen molar-refractivity contribution in [1.29, 1.82) is 0 Å². The third kappa shape index (κ3) is 8.32. The number of amides is 4. The van der Waals surface area contributed by atoms with E-state index >= 15 is 0 Å². The smallest absolute Gasteiger partial charge is 0.289 e. The van der Waals surface area contributed by atoms with Gasteiger partial charge in [0.25, 0.3) is 11.8 Å². The number of ketones is 1. The first-order valence-corrected chi connectivity index (χ1v) is 16.1. The molecule has 1 aliphatic heterocycles. The summed E-state index contributed by atoms with van der Waals surface area (Å²) in [6, 6.07) is 13.7. The van der Waals surface area contributed by atoms with Crippen molar-refractivity contribution in [2.45, 2.75) is 76.4 Å². The van der Waals surface area contributed by atoms with Crippen molar-refractivity contribution in [1.82, 2.24) is 21.3 Å². The molecule has 0 spiro atoms. The SMILES string of the molecule is COc1ccccc1CNC(=O)C(=O)[C@H](C[C@@H]1CCCNC1=O)NC(=O)[C@H](CC1CCCCC1)NC(=O)c1cc2ccccc2o1. The molecule has 2 aliphatic rings. The first-order valence-electron chi connectivity index (χ1n) is 16.1. The molecule has 0 bridgehead atoms. The predicted molar refractivity (Wildman–Crippen MR) is 171 cm³/mol. The van der Waals surface area contributed by atoms with Gasteiger partial charge >= 0.3 is 0 Å². The maximum atomic E-state index is 13.9. The Morgan fingerprint density at radius 2 is 1.67 bits per heavy atom. The maximum absolute atomic E-state index is 13.9. The standard InChI is InChI=1S/C35H42N4O7/c1-45-28-15-7-6-13-25(28)21-37-35(44)31(40)26(19-24-14-9-17-36-32(24)41)38-33(42)27(18-22-10-3-2-4-11-22)39-34(43)30-20-23-12-5-8-16-29(23)46-30/h5-8,12-13,15-16,20,22,24,26-27H,2-4,9-11,14,17-19,21H2,1H3,(H,36,41)(H,37,44)(H,38,42)(H,39,43)/t24-,26-,27-/m0/s1. The van der Waals surface area contributed by atoms with Gasteiger partial charge in [-0.25, -0.2) is 0 Å². The number of benzene rings is 2. The Morgan fingerprint density at radius 3 is 2.43 bits per heavy atom. The van der Waals surface area contributed by atoms with Crippen LogP contribution < -0.4 is 26.0 Å². The Bertz CT molecular complexity index is 1530. The molecule has 4 N–H and O–H groups in total. The van der Waals surface area contributed by atoms with Crippen LogP contribution in [-0.2, 0) is 25.7 Å². The molecule has 1 saturated carbocycles. The minimum absolute atomic E-state index is 0.0356. The lowest BCUT2D eigenvalue weighted by molar-refractivity contribution is -0.141. The number of hydrogen-bond acceptors (Lipinski definition) is 7. The summed E-state index contributed by atoms with van der Waals surface area (Å²) in [5.74, 6) is -2.79. The molecule has 3 aromatic rings. The fraction of sp³-hybridized carbons (Fsp3) is 0.457. The Hall–Kier alpha value is -4.67. The zero-order valence-electron chi connectivity index (χ0n) is 26.1. The highest BCUT2D eigenvalue weighted by Gasteiger charge is 2.36. The van der Waals surface area contributed by atoms with Gasteiger partial charge in [-0.1, -0.05) is 68.5 Å². The number of nitrogens with one attached hydrogen (secondary N) is 4. The van der Waals surface area contributed by atoms with E-state index in [1.165, 1.54) is 7.11 Å². The number of hydrogen-bond donors (Lipinski definition) is 4. The molecule has 1 aromatic heterocycles. The number of Topliss-reactive ketones (excluding diaryl/α,β-unsaturated/α-hetero) is 1. The Labute approximate surface area is 268 Å². The number of ether oxygens (including phenoxy) is 1. The van der Waals surface area contributed by atoms with E-state index in [1.807, 2.05) is 18.2 Å². The molecule has 11 heteroatoms. The highest BCUT2D eigenvalue weighted by Crippen LogP contribution is 2.28. The largest absolute Gasteiger partial charge is 0.496 e. The molecule has 4 amide bonds. The Morgan fingerprint density at radius 1 is 0.913 bits per heavy atom. The average molecular weight is 631 g/mol. The van der Waals surface area contributed by atoms with Gasteiger partial charge in [-0.3, -0.25) is 24.0 Å². The number of furan rings is 1. The van der Waals surface area contributed by atoms with E-state index in [4.69, 9.17) is 9.15 Å². The summed E-state index contributed by atoms with van der Waals surface area (Å²) >= 11 is 0. The number of piperidine rings is 1. The van der Waals surface area contributed by atoms with Gasteiger partial charge in [-0.2, -0.15) is 0 Å². The number of fused-ring (bicyclic) bond motifs is 1. The van der Waals surface area contributed by atoms with Crippen molar-refractivity contribution in [3.8, 4) is 5.75 Å². The van der Waals surface area contributed by atoms with E-state index in [-0.39, 0.29) is 30.6 Å². The summed E-state index contributed by atoms with van der Waals surface area (Å²) in [5, 5.41) is 11.8. The van der Waals surface area contributed by atoms with Crippen LogP contribution in [0.25, 0.3) is 11.0 Å². The third-order valence-electron chi connectivity index (χ3n) is 8.97. The molecule has 0 unspecified atom stereocenters. The summed E-state index contributed by atoms with van der Waals surface area (Å²) in [6.07, 6.45) is 6.67. The molecule has 46 heavy (non-hydrogen) atoms. The molecular weight excluding hydrogens is 588 g/mol. The Balaban J connectivity index is 1.33.